The highest BCUT2D eigenvalue weighted by atomic mass is 35.5. The van der Waals surface area contributed by atoms with Gasteiger partial charge in [0.15, 0.2) is 0 Å². The van der Waals surface area contributed by atoms with Gasteiger partial charge in [0.1, 0.15) is 4.90 Å². The Hall–Kier alpha value is -1.68. The number of esters is 1. The van der Waals surface area contributed by atoms with E-state index in [1.165, 1.54) is 25.3 Å². The van der Waals surface area contributed by atoms with Crippen LogP contribution >= 0.6 is 11.6 Å². The maximum absolute atomic E-state index is 12.5. The molecular formula is C18H26ClN3O5S. The molecule has 0 bridgehead atoms. The monoisotopic (exact) mass is 431 g/mol. The summed E-state index contributed by atoms with van der Waals surface area (Å²) in [4.78, 5) is 27.3. The summed E-state index contributed by atoms with van der Waals surface area (Å²) in [5.41, 5.74) is 0.178. The molecule has 1 amide bonds. The molecule has 1 N–H and O–H groups in total. The lowest BCUT2D eigenvalue weighted by Gasteiger charge is -2.26. The first-order valence-electron chi connectivity index (χ1n) is 9.00. The van der Waals surface area contributed by atoms with Gasteiger partial charge in [-0.3, -0.25) is 9.69 Å². The van der Waals surface area contributed by atoms with E-state index in [4.69, 9.17) is 11.6 Å². The van der Waals surface area contributed by atoms with Gasteiger partial charge in [0.05, 0.1) is 23.7 Å². The molecule has 1 heterocycles. The zero-order chi connectivity index (χ0) is 20.9. The van der Waals surface area contributed by atoms with Crippen LogP contribution in [0.1, 0.15) is 29.6 Å². The number of likely N-dealkylation sites (tertiary alicyclic amines) is 1. The van der Waals surface area contributed by atoms with Crippen LogP contribution in [0.2, 0.25) is 5.02 Å². The summed E-state index contributed by atoms with van der Waals surface area (Å²) >= 11 is 6.04. The molecule has 1 aliphatic rings. The molecule has 10 heteroatoms. The van der Waals surface area contributed by atoms with Crippen LogP contribution < -0.4 is 4.72 Å². The lowest BCUT2D eigenvalue weighted by molar-refractivity contribution is -0.133. The molecule has 1 atom stereocenters. The fourth-order valence-electron chi connectivity index (χ4n) is 3.20. The molecule has 0 spiro atoms. The largest absolute Gasteiger partial charge is 0.465 e. The second-order valence-electron chi connectivity index (χ2n) is 6.81. The van der Waals surface area contributed by atoms with Crippen molar-refractivity contribution in [3.8, 4) is 0 Å². The van der Waals surface area contributed by atoms with E-state index in [1.54, 1.807) is 19.0 Å². The summed E-state index contributed by atoms with van der Waals surface area (Å²) in [5, 5.41) is -0.0495. The molecule has 1 fully saturated rings. The van der Waals surface area contributed by atoms with Crippen LogP contribution in [0.5, 0.6) is 0 Å². The summed E-state index contributed by atoms with van der Waals surface area (Å²) in [7, 11) is 0.905. The van der Waals surface area contributed by atoms with Gasteiger partial charge >= 0.3 is 5.97 Å². The van der Waals surface area contributed by atoms with E-state index in [0.717, 1.165) is 19.4 Å². The third kappa shape index (κ3) is 5.44. The molecule has 1 aliphatic heterocycles. The maximum Gasteiger partial charge on any atom is 0.337 e. The SMILES string of the molecule is COC(=O)c1ccc(S(=O)(=O)NCCCN2CCCC2C(=O)N(C)C)c(Cl)c1. The summed E-state index contributed by atoms with van der Waals surface area (Å²) < 4.78 is 32.1. The van der Waals surface area contributed by atoms with E-state index in [9.17, 15) is 18.0 Å². The van der Waals surface area contributed by atoms with Gasteiger partial charge in [0.2, 0.25) is 15.9 Å². The average molecular weight is 432 g/mol. The van der Waals surface area contributed by atoms with Crippen molar-refractivity contribution >= 4 is 33.5 Å². The Morgan fingerprint density at radius 3 is 2.68 bits per heavy atom. The molecule has 8 nitrogen and oxygen atoms in total. The van der Waals surface area contributed by atoms with Crippen molar-refractivity contribution in [2.45, 2.75) is 30.2 Å². The lowest BCUT2D eigenvalue weighted by Crippen LogP contribution is -2.43. The van der Waals surface area contributed by atoms with E-state index in [0.29, 0.717) is 13.0 Å². The third-order valence-electron chi connectivity index (χ3n) is 4.65. The highest BCUT2D eigenvalue weighted by molar-refractivity contribution is 7.89. The molecule has 1 aromatic carbocycles. The Kier molecular flexibility index (Phi) is 7.82. The summed E-state index contributed by atoms with van der Waals surface area (Å²) in [5.74, 6) is -0.512. The number of amides is 1. The Balaban J connectivity index is 1.92. The zero-order valence-electron chi connectivity index (χ0n) is 16.3. The fraction of sp³-hybridized carbons (Fsp3) is 0.556. The minimum absolute atomic E-state index is 0.0495. The number of nitrogens with zero attached hydrogens (tertiary/aromatic N) is 2. The number of carbonyl (C=O) groups is 2. The number of methoxy groups -OCH3 is 1. The normalized spacial score (nSPS) is 17.5. The van der Waals surface area contributed by atoms with Gasteiger partial charge in [0, 0.05) is 27.2 Å². The van der Waals surface area contributed by atoms with Crippen molar-refractivity contribution in [2.24, 2.45) is 0 Å². The standard InChI is InChI=1S/C18H26ClN3O5S/c1-21(2)17(23)15-6-4-10-22(15)11-5-9-20-28(25,26)16-8-7-13(12-14(16)19)18(24)27-3/h7-8,12,15,20H,4-6,9-11H2,1-3H3. The minimum atomic E-state index is -3.81. The van der Waals surface area contributed by atoms with Gasteiger partial charge in [-0.1, -0.05) is 11.6 Å². The minimum Gasteiger partial charge on any atom is -0.465 e. The number of hydrogen-bond acceptors (Lipinski definition) is 6. The summed E-state index contributed by atoms with van der Waals surface area (Å²) in [6.45, 7) is 1.68. The second-order valence-corrected chi connectivity index (χ2v) is 8.96. The Labute approximate surface area is 170 Å². The Bertz CT molecular complexity index is 829. The molecule has 0 aromatic heterocycles. The average Bonchev–Trinajstić information content (AvgIpc) is 3.11. The van der Waals surface area contributed by atoms with Crippen LogP contribution in [-0.2, 0) is 19.6 Å². The summed E-state index contributed by atoms with van der Waals surface area (Å²) in [6, 6.07) is 3.77. The Morgan fingerprint density at radius 2 is 2.07 bits per heavy atom. The molecule has 0 aliphatic carbocycles. The van der Waals surface area contributed by atoms with Crippen molar-refractivity contribution < 1.29 is 22.7 Å². The van der Waals surface area contributed by atoms with Crippen molar-refractivity contribution in [1.82, 2.24) is 14.5 Å². The zero-order valence-corrected chi connectivity index (χ0v) is 17.8. The smallest absolute Gasteiger partial charge is 0.337 e. The molecule has 2 rings (SSSR count). The molecule has 1 saturated heterocycles. The van der Waals surface area contributed by atoms with Gasteiger partial charge in [0.25, 0.3) is 0 Å². The summed E-state index contributed by atoms with van der Waals surface area (Å²) in [6.07, 6.45) is 2.34. The van der Waals surface area contributed by atoms with Gasteiger partial charge < -0.3 is 9.64 Å². The molecule has 1 aromatic rings. The fourth-order valence-corrected chi connectivity index (χ4v) is 4.82. The van der Waals surface area contributed by atoms with E-state index in [2.05, 4.69) is 14.4 Å². The number of ether oxygens (including phenoxy) is 1. The quantitative estimate of drug-likeness (QED) is 0.493. The van der Waals surface area contributed by atoms with Crippen LogP contribution in [0.15, 0.2) is 23.1 Å². The van der Waals surface area contributed by atoms with E-state index < -0.39 is 16.0 Å². The number of sulfonamides is 1. The topological polar surface area (TPSA) is 96.0 Å². The van der Waals surface area contributed by atoms with Gasteiger partial charge in [-0.2, -0.15) is 0 Å². The highest BCUT2D eigenvalue weighted by Crippen LogP contribution is 2.23. The highest BCUT2D eigenvalue weighted by Gasteiger charge is 2.31. The van der Waals surface area contributed by atoms with E-state index in [-0.39, 0.29) is 34.0 Å². The van der Waals surface area contributed by atoms with Crippen LogP contribution in [0, 0.1) is 0 Å². The number of carbonyl (C=O) groups excluding carboxylic acids is 2. The predicted molar refractivity (Wildman–Crippen MR) is 106 cm³/mol. The molecular weight excluding hydrogens is 406 g/mol. The van der Waals surface area contributed by atoms with Crippen molar-refractivity contribution in [2.75, 3.05) is 40.8 Å². The third-order valence-corrected chi connectivity index (χ3v) is 6.59. The predicted octanol–water partition coefficient (Wildman–Crippen LogP) is 1.35. The van der Waals surface area contributed by atoms with Crippen LogP contribution in [0.3, 0.4) is 0 Å². The maximum atomic E-state index is 12.5. The molecule has 156 valence electrons. The van der Waals surface area contributed by atoms with Gasteiger partial charge in [-0.05, 0) is 44.0 Å². The number of rotatable bonds is 8. The van der Waals surface area contributed by atoms with Crippen molar-refractivity contribution in [3.63, 3.8) is 0 Å². The number of hydrogen-bond donors (Lipinski definition) is 1. The number of nitrogens with one attached hydrogen (secondary N) is 1. The Morgan fingerprint density at radius 1 is 1.36 bits per heavy atom. The number of benzene rings is 1. The van der Waals surface area contributed by atoms with Crippen LogP contribution in [0.25, 0.3) is 0 Å². The molecule has 1 unspecified atom stereocenters. The number of halogens is 1. The first-order chi connectivity index (χ1) is 13.2. The van der Waals surface area contributed by atoms with Crippen LogP contribution in [0.4, 0.5) is 0 Å². The number of likely N-dealkylation sites (N-methyl/N-ethyl adjacent to an activating group) is 1. The van der Waals surface area contributed by atoms with Crippen molar-refractivity contribution in [1.29, 1.82) is 0 Å². The van der Waals surface area contributed by atoms with Crippen LogP contribution in [-0.4, -0.2) is 77.0 Å². The first kappa shape index (κ1) is 22.6. The lowest BCUT2D eigenvalue weighted by atomic mass is 10.2. The molecule has 0 saturated carbocycles. The van der Waals surface area contributed by atoms with E-state index in [1.807, 2.05) is 0 Å². The van der Waals surface area contributed by atoms with Gasteiger partial charge in [-0.25, -0.2) is 17.9 Å². The molecule has 28 heavy (non-hydrogen) atoms. The second kappa shape index (κ2) is 9.69. The van der Waals surface area contributed by atoms with E-state index >= 15 is 0 Å². The first-order valence-corrected chi connectivity index (χ1v) is 10.9. The van der Waals surface area contributed by atoms with Gasteiger partial charge in [-0.15, -0.1) is 0 Å². The van der Waals surface area contributed by atoms with Crippen molar-refractivity contribution in [3.05, 3.63) is 28.8 Å². The molecule has 0 radical (unpaired) electrons.